The van der Waals surface area contributed by atoms with E-state index in [0.29, 0.717) is 27.5 Å². The number of urea groups is 1. The fraction of sp³-hybridized carbons (Fsp3) is 0.111. The number of benzene rings is 2. The number of hydrogen-bond donors (Lipinski definition) is 3. The highest BCUT2D eigenvalue weighted by atomic mass is 35.5. The second-order valence-corrected chi connectivity index (χ2v) is 6.02. The van der Waals surface area contributed by atoms with Gasteiger partial charge >= 0.3 is 6.03 Å². The summed E-state index contributed by atoms with van der Waals surface area (Å²) in [4.78, 5) is 24.6. The molecule has 0 fully saturated rings. The third kappa shape index (κ3) is 3.80. The van der Waals surface area contributed by atoms with E-state index in [1.807, 2.05) is 0 Å². The largest absolute Gasteiger partial charge is 0.327 e. The van der Waals surface area contributed by atoms with Crippen LogP contribution in [0.1, 0.15) is 18.5 Å². The predicted molar refractivity (Wildman–Crippen MR) is 93.6 cm³/mol. The van der Waals surface area contributed by atoms with Crippen molar-refractivity contribution in [1.29, 1.82) is 0 Å². The second-order valence-electron chi connectivity index (χ2n) is 5.59. The Morgan fingerprint density at radius 3 is 2.60 bits per heavy atom. The lowest BCUT2D eigenvalue weighted by Crippen LogP contribution is -2.45. The van der Waals surface area contributed by atoms with E-state index in [2.05, 4.69) is 16.0 Å². The number of nitrogens with one attached hydrogen (secondary N) is 3. The third-order valence-corrected chi connectivity index (χ3v) is 4.03. The molecule has 0 radical (unpaired) electrons. The number of amides is 3. The summed E-state index contributed by atoms with van der Waals surface area (Å²) >= 11 is 6.03. The van der Waals surface area contributed by atoms with Gasteiger partial charge in [-0.3, -0.25) is 4.79 Å². The summed E-state index contributed by atoms with van der Waals surface area (Å²) in [5.41, 5.74) is 1.93. The molecule has 1 aliphatic heterocycles. The van der Waals surface area contributed by atoms with E-state index >= 15 is 0 Å². The summed E-state index contributed by atoms with van der Waals surface area (Å²) in [6.07, 6.45) is 0. The predicted octanol–water partition coefficient (Wildman–Crippen LogP) is 3.75. The summed E-state index contributed by atoms with van der Waals surface area (Å²) in [6.45, 7) is 1.65. The molecular weight excluding hydrogens is 345 g/mol. The highest BCUT2D eigenvalue weighted by molar-refractivity contribution is 6.30. The Bertz CT molecular complexity index is 865. The van der Waals surface area contributed by atoms with E-state index in [1.54, 1.807) is 31.2 Å². The zero-order valence-corrected chi connectivity index (χ0v) is 14.0. The van der Waals surface area contributed by atoms with Crippen molar-refractivity contribution in [3.63, 3.8) is 0 Å². The van der Waals surface area contributed by atoms with Crippen molar-refractivity contribution in [1.82, 2.24) is 10.6 Å². The molecule has 3 N–H and O–H groups in total. The lowest BCUT2D eigenvalue weighted by molar-refractivity contribution is -0.113. The van der Waals surface area contributed by atoms with Gasteiger partial charge < -0.3 is 16.0 Å². The van der Waals surface area contributed by atoms with Gasteiger partial charge in [-0.15, -0.1) is 0 Å². The molecule has 0 aliphatic carbocycles. The van der Waals surface area contributed by atoms with Crippen LogP contribution in [0, 0.1) is 5.82 Å². The summed E-state index contributed by atoms with van der Waals surface area (Å²) in [7, 11) is 0. The summed E-state index contributed by atoms with van der Waals surface area (Å²) < 4.78 is 13.0. The molecule has 2 aromatic rings. The molecule has 0 aromatic heterocycles. The fourth-order valence-electron chi connectivity index (χ4n) is 2.66. The van der Waals surface area contributed by atoms with Gasteiger partial charge in [0, 0.05) is 16.4 Å². The van der Waals surface area contributed by atoms with Crippen molar-refractivity contribution < 1.29 is 14.0 Å². The van der Waals surface area contributed by atoms with Crippen LogP contribution in [-0.4, -0.2) is 11.9 Å². The van der Waals surface area contributed by atoms with E-state index in [1.165, 1.54) is 24.3 Å². The minimum Gasteiger partial charge on any atom is -0.327 e. The number of hydrogen-bond acceptors (Lipinski definition) is 2. The van der Waals surface area contributed by atoms with Crippen LogP contribution in [0.5, 0.6) is 0 Å². The molecule has 1 heterocycles. The number of allylic oxidation sites excluding steroid dienone is 1. The van der Waals surface area contributed by atoms with Gasteiger partial charge in [-0.1, -0.05) is 23.7 Å². The Labute approximate surface area is 148 Å². The topological polar surface area (TPSA) is 70.2 Å². The lowest BCUT2D eigenvalue weighted by atomic mass is 9.95. The Hall–Kier alpha value is -2.86. The molecule has 0 bridgehead atoms. The number of anilines is 1. The van der Waals surface area contributed by atoms with Crippen LogP contribution in [0.15, 0.2) is 59.8 Å². The van der Waals surface area contributed by atoms with Gasteiger partial charge in [0.25, 0.3) is 5.91 Å². The SMILES string of the molecule is CC1=C(C(=O)Nc2ccc(F)cc2)[C@H](c2cccc(Cl)c2)NC(=O)N1. The van der Waals surface area contributed by atoms with Crippen molar-refractivity contribution in [3.8, 4) is 0 Å². The number of carbonyl (C=O) groups excluding carboxylic acids is 2. The average Bonchev–Trinajstić information content (AvgIpc) is 2.56. The Balaban J connectivity index is 1.94. The first kappa shape index (κ1) is 17.0. The Morgan fingerprint density at radius 1 is 1.20 bits per heavy atom. The van der Waals surface area contributed by atoms with Crippen LogP contribution in [0.2, 0.25) is 5.02 Å². The average molecular weight is 360 g/mol. The minimum absolute atomic E-state index is 0.353. The zero-order chi connectivity index (χ0) is 18.0. The van der Waals surface area contributed by atoms with Crippen molar-refractivity contribution in [2.75, 3.05) is 5.32 Å². The molecule has 128 valence electrons. The Kier molecular flexibility index (Phi) is 4.72. The first-order valence-corrected chi connectivity index (χ1v) is 7.92. The monoisotopic (exact) mass is 359 g/mol. The van der Waals surface area contributed by atoms with Gasteiger partial charge in [0.15, 0.2) is 0 Å². The third-order valence-electron chi connectivity index (χ3n) is 3.80. The van der Waals surface area contributed by atoms with E-state index < -0.39 is 23.8 Å². The van der Waals surface area contributed by atoms with Gasteiger partial charge in [-0.05, 0) is 48.9 Å². The maximum atomic E-state index is 13.0. The first-order chi connectivity index (χ1) is 11.9. The van der Waals surface area contributed by atoms with Crippen LogP contribution in [0.4, 0.5) is 14.9 Å². The molecule has 3 rings (SSSR count). The quantitative estimate of drug-likeness (QED) is 0.781. The van der Waals surface area contributed by atoms with Gasteiger partial charge in [0.1, 0.15) is 5.82 Å². The van der Waals surface area contributed by atoms with E-state index in [4.69, 9.17) is 11.6 Å². The van der Waals surface area contributed by atoms with Crippen LogP contribution in [0.25, 0.3) is 0 Å². The van der Waals surface area contributed by atoms with Crippen molar-refractivity contribution in [2.24, 2.45) is 0 Å². The molecule has 0 spiro atoms. The molecule has 2 aromatic carbocycles. The molecule has 3 amide bonds. The highest BCUT2D eigenvalue weighted by Crippen LogP contribution is 2.29. The zero-order valence-electron chi connectivity index (χ0n) is 13.3. The van der Waals surface area contributed by atoms with Crippen LogP contribution >= 0.6 is 11.6 Å². The van der Waals surface area contributed by atoms with E-state index in [-0.39, 0.29) is 0 Å². The minimum atomic E-state index is -0.645. The summed E-state index contributed by atoms with van der Waals surface area (Å²) in [6, 6.07) is 11.3. The lowest BCUT2D eigenvalue weighted by Gasteiger charge is -2.28. The van der Waals surface area contributed by atoms with Crippen LogP contribution in [0.3, 0.4) is 0 Å². The highest BCUT2D eigenvalue weighted by Gasteiger charge is 2.31. The van der Waals surface area contributed by atoms with E-state index in [0.717, 1.165) is 0 Å². The molecule has 5 nitrogen and oxygen atoms in total. The van der Waals surface area contributed by atoms with Gasteiger partial charge in [-0.2, -0.15) is 0 Å². The van der Waals surface area contributed by atoms with Gasteiger partial charge in [-0.25, -0.2) is 9.18 Å². The number of halogens is 2. The van der Waals surface area contributed by atoms with Crippen molar-refractivity contribution in [2.45, 2.75) is 13.0 Å². The molecular formula is C18H15ClFN3O2. The molecule has 0 unspecified atom stereocenters. The van der Waals surface area contributed by atoms with Gasteiger partial charge in [0.05, 0.1) is 11.6 Å². The standard InChI is InChI=1S/C18H15ClFN3O2/c1-10-15(17(24)22-14-7-5-13(20)6-8-14)16(23-18(25)21-10)11-3-2-4-12(19)9-11/h2-9,16H,1H3,(H,22,24)(H2,21,23,25)/t16-/m0/s1. The number of carbonyl (C=O) groups is 2. The smallest absolute Gasteiger partial charge is 0.319 e. The van der Waals surface area contributed by atoms with Crippen molar-refractivity contribution in [3.05, 3.63) is 76.2 Å². The maximum Gasteiger partial charge on any atom is 0.319 e. The summed E-state index contributed by atoms with van der Waals surface area (Å²) in [5, 5.41) is 8.54. The summed E-state index contributed by atoms with van der Waals surface area (Å²) in [5.74, 6) is -0.793. The van der Waals surface area contributed by atoms with Crippen LogP contribution < -0.4 is 16.0 Å². The fourth-order valence-corrected chi connectivity index (χ4v) is 2.86. The van der Waals surface area contributed by atoms with Gasteiger partial charge in [0.2, 0.25) is 0 Å². The Morgan fingerprint density at radius 2 is 1.92 bits per heavy atom. The normalized spacial score (nSPS) is 16.9. The molecule has 0 saturated carbocycles. The molecule has 7 heteroatoms. The second kappa shape index (κ2) is 6.94. The molecule has 0 saturated heterocycles. The first-order valence-electron chi connectivity index (χ1n) is 7.54. The van der Waals surface area contributed by atoms with E-state index in [9.17, 15) is 14.0 Å². The molecule has 1 atom stereocenters. The maximum absolute atomic E-state index is 13.0. The molecule has 1 aliphatic rings. The molecule has 25 heavy (non-hydrogen) atoms. The van der Waals surface area contributed by atoms with Crippen molar-refractivity contribution >= 4 is 29.2 Å². The number of rotatable bonds is 3. The van der Waals surface area contributed by atoms with Crippen LogP contribution in [-0.2, 0) is 4.79 Å².